The molecule has 0 bridgehead atoms. The number of rotatable bonds is 25. The molecule has 27 nitrogen and oxygen atoms in total. The summed E-state index contributed by atoms with van der Waals surface area (Å²) in [5.41, 5.74) is 2.29. The van der Waals surface area contributed by atoms with Gasteiger partial charge in [-0.3, -0.25) is 53.1 Å². The largest absolute Gasteiger partial charge is 1.00 e. The van der Waals surface area contributed by atoms with Gasteiger partial charge in [-0.1, -0.05) is 134 Å². The average Bonchev–Trinajstić information content (AvgIpc) is 1.53. The van der Waals surface area contributed by atoms with Gasteiger partial charge in [0.2, 0.25) is 29.5 Å². The van der Waals surface area contributed by atoms with Crippen LogP contribution in [-0.4, -0.2) is 190 Å². The van der Waals surface area contributed by atoms with Crippen LogP contribution in [0.4, 0.5) is 0 Å². The molecule has 6 saturated carbocycles. The molecule has 8 fully saturated rings. The molecule has 556 valence electrons. The van der Waals surface area contributed by atoms with Crippen molar-refractivity contribution >= 4 is 59.1 Å². The van der Waals surface area contributed by atoms with Gasteiger partial charge in [0.25, 0.3) is 23.6 Å². The van der Waals surface area contributed by atoms with Crippen LogP contribution in [0.5, 0.6) is 0 Å². The highest BCUT2D eigenvalue weighted by molar-refractivity contribution is 6.00. The highest BCUT2D eigenvalue weighted by Gasteiger charge is 2.71. The maximum atomic E-state index is 14.6. The van der Waals surface area contributed by atoms with Crippen LogP contribution >= 0.6 is 0 Å². The van der Waals surface area contributed by atoms with Gasteiger partial charge in [0.15, 0.2) is 12.2 Å². The van der Waals surface area contributed by atoms with E-state index < -0.39 is 107 Å². The molecule has 0 radical (unpaired) electrons. The van der Waals surface area contributed by atoms with Gasteiger partial charge in [0.1, 0.15) is 53.7 Å². The normalized spacial score (nSPS) is 25.1. The number of nitrogens with one attached hydrogen (secondary N) is 7. The summed E-state index contributed by atoms with van der Waals surface area (Å²) in [6.45, 7) is 24.1. The molecule has 0 aromatic carbocycles. The Balaban J connectivity index is 0.000000242. The van der Waals surface area contributed by atoms with Crippen molar-refractivity contribution in [2.24, 2.45) is 57.2 Å². The van der Waals surface area contributed by atoms with Crippen molar-refractivity contribution < 1.29 is 81.4 Å². The molecule has 6 unspecified atom stereocenters. The van der Waals surface area contributed by atoms with E-state index in [1.54, 1.807) is 4.90 Å². The lowest BCUT2D eigenvalue weighted by Gasteiger charge is -2.39. The van der Waals surface area contributed by atoms with Crippen LogP contribution in [-0.2, 0) is 38.4 Å². The lowest BCUT2D eigenvalue weighted by molar-refractivity contribution is -0.434. The molecule has 6 aliphatic carbocycles. The van der Waals surface area contributed by atoms with Gasteiger partial charge in [-0.25, -0.2) is 14.8 Å². The zero-order valence-electron chi connectivity index (χ0n) is 60.7. The van der Waals surface area contributed by atoms with E-state index in [0.717, 1.165) is 103 Å². The lowest BCUT2D eigenvalue weighted by Crippen LogP contribution is -3.00. The molecular weight excluding hydrogens is 1300 g/mol. The minimum absolute atomic E-state index is 0. The molecule has 100 heavy (non-hydrogen) atoms. The Morgan fingerprint density at radius 1 is 0.540 bits per heavy atom. The molecule has 10 rings (SSSR count). The summed E-state index contributed by atoms with van der Waals surface area (Å²) >= 11 is 0. The van der Waals surface area contributed by atoms with E-state index in [-0.39, 0.29) is 99.9 Å². The molecule has 2 aromatic heterocycles. The molecule has 14 atom stereocenters. The average molecular weight is 1420 g/mol. The number of carbonyl (C=O) groups excluding carboxylic acids is 9. The van der Waals surface area contributed by atoms with Gasteiger partial charge in [0, 0.05) is 62.3 Å². The zero-order chi connectivity index (χ0) is 72.6. The van der Waals surface area contributed by atoms with Crippen molar-refractivity contribution in [2.75, 3.05) is 13.1 Å². The van der Waals surface area contributed by atoms with Crippen molar-refractivity contribution in [1.82, 2.24) is 67.0 Å². The first kappa shape index (κ1) is 80.3. The number of aliphatic hydroxyl groups is 2. The molecular formula is C72H113ClN14O13. The fraction of sp³-hybridized carbons (Fsp3) is 0.750. The molecule has 13 N–H and O–H groups in total. The summed E-state index contributed by atoms with van der Waals surface area (Å²) in [4.78, 5) is 152. The summed E-state index contributed by atoms with van der Waals surface area (Å²) in [5.74, 6) is -4.96. The minimum Gasteiger partial charge on any atom is -1.00 e. The van der Waals surface area contributed by atoms with Crippen molar-refractivity contribution in [2.45, 2.75) is 271 Å². The van der Waals surface area contributed by atoms with E-state index in [1.165, 1.54) is 42.1 Å². The second-order valence-electron chi connectivity index (χ2n) is 32.5. The quantitative estimate of drug-likeness (QED) is 0.0640. The number of fused-ring (bicyclic) bond motifs is 2. The number of aliphatic carboxylic acids is 1. The highest BCUT2D eigenvalue weighted by atomic mass is 35.5. The number of aliphatic hydroxyl groups excluding tert-OH is 2. The van der Waals surface area contributed by atoms with Gasteiger partial charge < -0.3 is 80.5 Å². The van der Waals surface area contributed by atoms with Crippen molar-refractivity contribution in [1.29, 1.82) is 0 Å². The SMILES string of the molecule is CC1(C)C2CN(C(=O)[C@@H](NC(=O)[C@@H](NC(=O)c3cnccn3)C3CCCCC3)C(C)(C)C)[C@H](C(=O)O)C21.CCC[C@H](NC(=O)[C@@H]1C2C(CN1C(=O)[C@@H](NC(=O)[C@@H](NC(=O)c1cnccn1)C1CCCCC1)C(C)(C)C)C2(C)C)C(O)C(=O)NC1CC1.CCC[C@H]([NH3+])C(O)C(=O)NC1CC1.[Cl-]. The summed E-state index contributed by atoms with van der Waals surface area (Å²) in [7, 11) is 0. The predicted molar refractivity (Wildman–Crippen MR) is 365 cm³/mol. The van der Waals surface area contributed by atoms with Crippen molar-refractivity contribution in [3.63, 3.8) is 0 Å². The third kappa shape index (κ3) is 19.8. The Morgan fingerprint density at radius 2 is 0.930 bits per heavy atom. The molecule has 28 heteroatoms. The van der Waals surface area contributed by atoms with Crippen LogP contribution in [0, 0.1) is 57.2 Å². The number of amides is 9. The molecule has 8 aliphatic rings. The van der Waals surface area contributed by atoms with Crippen LogP contribution in [0.15, 0.2) is 37.2 Å². The van der Waals surface area contributed by atoms with E-state index in [1.807, 2.05) is 69.2 Å². The van der Waals surface area contributed by atoms with E-state index in [4.69, 9.17) is 0 Å². The first-order chi connectivity index (χ1) is 46.6. The topological polar surface area (TPSA) is 401 Å². The van der Waals surface area contributed by atoms with Crippen molar-refractivity contribution in [3.05, 3.63) is 48.6 Å². The van der Waals surface area contributed by atoms with Crippen LogP contribution in [0.1, 0.15) is 220 Å². The molecule has 9 amide bonds. The Labute approximate surface area is 595 Å². The Hall–Kier alpha value is -6.97. The minimum atomic E-state index is -1.41. The number of aromatic nitrogens is 4. The van der Waals surface area contributed by atoms with Crippen LogP contribution < -0.4 is 55.4 Å². The molecule has 4 heterocycles. The second kappa shape index (κ2) is 33.9. The third-order valence-electron chi connectivity index (χ3n) is 22.1. The number of carboxylic acid groups (broad SMARTS) is 1. The number of piperidine rings is 2. The smallest absolute Gasteiger partial charge is 0.326 e. The fourth-order valence-corrected chi connectivity index (χ4v) is 15.5. The van der Waals surface area contributed by atoms with Gasteiger partial charge in [-0.2, -0.15) is 0 Å². The summed E-state index contributed by atoms with van der Waals surface area (Å²) < 4.78 is 0. The number of carbonyl (C=O) groups is 10. The Bertz CT molecular complexity index is 3190. The summed E-state index contributed by atoms with van der Waals surface area (Å²) in [6, 6.07) is -5.97. The lowest BCUT2D eigenvalue weighted by atomic mass is 9.82. The molecule has 2 aliphatic heterocycles. The van der Waals surface area contributed by atoms with Crippen LogP contribution in [0.2, 0.25) is 0 Å². The van der Waals surface area contributed by atoms with Gasteiger partial charge in [-0.05, 0) is 109 Å². The third-order valence-corrected chi connectivity index (χ3v) is 22.1. The monoisotopic (exact) mass is 1420 g/mol. The van der Waals surface area contributed by atoms with Crippen molar-refractivity contribution in [3.8, 4) is 0 Å². The predicted octanol–water partition coefficient (Wildman–Crippen LogP) is 0.388. The molecule has 2 aromatic rings. The fourth-order valence-electron chi connectivity index (χ4n) is 15.5. The maximum absolute atomic E-state index is 14.6. The van der Waals surface area contributed by atoms with Crippen LogP contribution in [0.3, 0.4) is 0 Å². The summed E-state index contributed by atoms with van der Waals surface area (Å²) in [6.07, 6.45) is 21.8. The Morgan fingerprint density at radius 3 is 1.29 bits per heavy atom. The van der Waals surface area contributed by atoms with E-state index in [0.29, 0.717) is 32.0 Å². The number of likely N-dealkylation sites (tertiary alicyclic amines) is 2. The van der Waals surface area contributed by atoms with Gasteiger partial charge in [-0.15, -0.1) is 0 Å². The first-order valence-corrected chi connectivity index (χ1v) is 36.3. The van der Waals surface area contributed by atoms with E-state index in [2.05, 4.69) is 76.7 Å². The Kier molecular flexibility index (Phi) is 27.2. The second-order valence-corrected chi connectivity index (χ2v) is 32.5. The summed E-state index contributed by atoms with van der Waals surface area (Å²) in [5, 5.41) is 50.6. The van der Waals surface area contributed by atoms with Gasteiger partial charge in [0.05, 0.1) is 18.4 Å². The number of hydrogen-bond donors (Lipinski definition) is 11. The maximum Gasteiger partial charge on any atom is 0.326 e. The van der Waals surface area contributed by atoms with E-state index in [9.17, 15) is 63.3 Å². The number of nitrogens with zero attached hydrogens (tertiary/aromatic N) is 6. The molecule has 2 saturated heterocycles. The first-order valence-electron chi connectivity index (χ1n) is 36.3. The number of halogens is 1. The van der Waals surface area contributed by atoms with Gasteiger partial charge >= 0.3 is 5.97 Å². The number of hydrogen-bond acceptors (Lipinski definition) is 16. The highest BCUT2D eigenvalue weighted by Crippen LogP contribution is 2.66. The zero-order valence-corrected chi connectivity index (χ0v) is 61.4. The number of carboxylic acids is 1. The van der Waals surface area contributed by atoms with E-state index >= 15 is 0 Å². The van der Waals surface area contributed by atoms with Crippen LogP contribution in [0.25, 0.3) is 0 Å². The molecule has 0 spiro atoms. The number of quaternary nitrogens is 1. The standard InChI is InChI=1S/C36H55N7O6.C27H39N5O5.C9H18N2O2.ClH/c1-7-11-23(28(44)33(48)39-21-14-15-21)40-32(47)27-25-22(36(25,5)6)19-43(27)34(49)29(35(2,3)4)42-31(46)26(20-12-9-8-10-13-20)41-30(45)24-18-37-16-17-38-24;1-26(2,3)21(24(35)32-14-16-18(27(16,4)5)20(32)25(36)37)31-23(34)19(15-9-7-6-8-10-15)30-22(33)17-13-28-11-12-29-17;1-2-3-7(10)8(12)9(13)11-6-4-5-6;/h16-18,20-23,25-29,44H,7-15,19H2,1-6H3,(H,39,48)(H,40,47)(H,41,45)(H,42,46);11-13,15-16,18-21H,6-10,14H2,1-5H3,(H,30,33)(H,31,34)(H,36,37);6-8,12H,2-5,10H2,1H3,(H,11,13);1H/t22?,23-,25?,26-,27-,28?,29+;16?,18?,19-,20-,21+;7-,8?;/m000./s1.